The molecule has 2 aromatic carbocycles. The molecule has 1 aliphatic rings. The van der Waals surface area contributed by atoms with E-state index < -0.39 is 15.9 Å². The van der Waals surface area contributed by atoms with Crippen LogP contribution in [-0.2, 0) is 19.6 Å². The topological polar surface area (TPSA) is 138 Å². The Morgan fingerprint density at radius 3 is 2.52 bits per heavy atom. The second-order valence-electron chi connectivity index (χ2n) is 6.55. The summed E-state index contributed by atoms with van der Waals surface area (Å²) in [7, 11) is -3.73. The van der Waals surface area contributed by atoms with E-state index in [2.05, 4.69) is 10.6 Å². The number of amides is 1. The van der Waals surface area contributed by atoms with E-state index >= 15 is 0 Å². The molecular weight excluding hydrogens is 442 g/mol. The van der Waals surface area contributed by atoms with Crippen LogP contribution in [0.3, 0.4) is 0 Å². The molecule has 1 heterocycles. The lowest BCUT2D eigenvalue weighted by Crippen LogP contribution is -2.40. The maximum Gasteiger partial charge on any atom is 0.267 e. The normalized spacial score (nSPS) is 15.2. The lowest BCUT2D eigenvalue weighted by atomic mass is 10.2. The number of nitrogens with two attached hydrogens (primary N) is 1. The van der Waals surface area contributed by atoms with Gasteiger partial charge in [-0.2, -0.15) is 9.57 Å². The summed E-state index contributed by atoms with van der Waals surface area (Å²) in [6.07, 6.45) is 1.17. The van der Waals surface area contributed by atoms with Crippen LogP contribution in [0.2, 0.25) is 5.02 Å². The van der Waals surface area contributed by atoms with E-state index in [1.165, 1.54) is 28.7 Å². The van der Waals surface area contributed by atoms with Gasteiger partial charge < -0.3 is 21.1 Å². The fourth-order valence-corrected chi connectivity index (χ4v) is 4.38. The summed E-state index contributed by atoms with van der Waals surface area (Å²) in [6, 6.07) is 12.4. The third-order valence-corrected chi connectivity index (χ3v) is 6.68. The molecule has 162 valence electrons. The van der Waals surface area contributed by atoms with Crippen LogP contribution in [0.1, 0.15) is 0 Å². The van der Waals surface area contributed by atoms with E-state index in [0.717, 1.165) is 0 Å². The Balaban J connectivity index is 1.78. The van der Waals surface area contributed by atoms with E-state index in [1.807, 2.05) is 0 Å². The second kappa shape index (κ2) is 9.80. The molecule has 0 aromatic heterocycles. The van der Waals surface area contributed by atoms with Gasteiger partial charge in [0.05, 0.1) is 28.8 Å². The molecule has 31 heavy (non-hydrogen) atoms. The summed E-state index contributed by atoms with van der Waals surface area (Å²) in [5.41, 5.74) is 6.63. The van der Waals surface area contributed by atoms with Crippen LogP contribution in [0.4, 0.5) is 17.1 Å². The standard InChI is InChI=1S/C20H20ClN5O4S/c21-18-6-5-17(31(28,29)26-7-9-30-10-8-26)11-19(18)24-13-14(12-22)20(27)25-16-3-1-15(23)2-4-16/h1-6,11,13,24H,7-10,23H2,(H,25,27)/b14-13-. The van der Waals surface area contributed by atoms with Crippen LogP contribution in [0.15, 0.2) is 59.1 Å². The van der Waals surface area contributed by atoms with Crippen molar-refractivity contribution in [2.75, 3.05) is 42.7 Å². The zero-order chi connectivity index (χ0) is 22.4. The number of carbonyl (C=O) groups is 1. The molecule has 1 saturated heterocycles. The number of halogens is 1. The van der Waals surface area contributed by atoms with Gasteiger partial charge in [0, 0.05) is 30.7 Å². The van der Waals surface area contributed by atoms with Gasteiger partial charge in [-0.1, -0.05) is 11.6 Å². The Kier molecular flexibility index (Phi) is 7.14. The molecule has 0 saturated carbocycles. The Morgan fingerprint density at radius 2 is 1.87 bits per heavy atom. The van der Waals surface area contributed by atoms with Gasteiger partial charge in [-0.15, -0.1) is 0 Å². The van der Waals surface area contributed by atoms with Crippen molar-refractivity contribution in [1.82, 2.24) is 4.31 Å². The van der Waals surface area contributed by atoms with Crippen molar-refractivity contribution in [3.05, 3.63) is 59.3 Å². The molecule has 11 heteroatoms. The Bertz CT molecular complexity index is 1140. The van der Waals surface area contributed by atoms with Crippen LogP contribution in [0.25, 0.3) is 0 Å². The number of hydrogen-bond acceptors (Lipinski definition) is 7. The SMILES string of the molecule is N#C/C(=C/Nc1cc(S(=O)(=O)N2CCOCC2)ccc1Cl)C(=O)Nc1ccc(N)cc1. The fraction of sp³-hybridized carbons (Fsp3) is 0.200. The van der Waals surface area contributed by atoms with Crippen molar-refractivity contribution in [3.63, 3.8) is 0 Å². The summed E-state index contributed by atoms with van der Waals surface area (Å²) in [5, 5.41) is 14.9. The monoisotopic (exact) mass is 461 g/mol. The molecule has 0 aliphatic carbocycles. The van der Waals surface area contributed by atoms with Crippen LogP contribution >= 0.6 is 11.6 Å². The number of nitrogens with zero attached hydrogens (tertiary/aromatic N) is 2. The van der Waals surface area contributed by atoms with Gasteiger partial charge >= 0.3 is 0 Å². The molecule has 1 amide bonds. The number of nitriles is 1. The molecular formula is C20H20ClN5O4S. The van der Waals surface area contributed by atoms with E-state index in [9.17, 15) is 18.5 Å². The van der Waals surface area contributed by atoms with Gasteiger partial charge in [-0.05, 0) is 42.5 Å². The smallest absolute Gasteiger partial charge is 0.267 e. The van der Waals surface area contributed by atoms with Gasteiger partial charge in [0.15, 0.2) is 0 Å². The molecule has 0 atom stereocenters. The first-order valence-corrected chi connectivity index (χ1v) is 11.0. The number of ether oxygens (including phenoxy) is 1. The van der Waals surface area contributed by atoms with E-state index in [0.29, 0.717) is 24.6 Å². The number of benzene rings is 2. The summed E-state index contributed by atoms with van der Waals surface area (Å²) in [4.78, 5) is 12.4. The number of carbonyl (C=O) groups excluding carboxylic acids is 1. The fourth-order valence-electron chi connectivity index (χ4n) is 2.77. The van der Waals surface area contributed by atoms with Crippen LogP contribution in [0.5, 0.6) is 0 Å². The number of nitrogen functional groups attached to an aromatic ring is 1. The highest BCUT2D eigenvalue weighted by Gasteiger charge is 2.26. The minimum Gasteiger partial charge on any atom is -0.399 e. The van der Waals surface area contributed by atoms with Crippen LogP contribution in [0, 0.1) is 11.3 Å². The molecule has 1 aliphatic heterocycles. The zero-order valence-corrected chi connectivity index (χ0v) is 17.9. The summed E-state index contributed by atoms with van der Waals surface area (Å²) in [5.74, 6) is -0.645. The number of hydrogen-bond donors (Lipinski definition) is 3. The Hall–Kier alpha value is -3.10. The van der Waals surface area contributed by atoms with Crippen LogP contribution in [-0.4, -0.2) is 44.9 Å². The van der Waals surface area contributed by atoms with E-state index in [4.69, 9.17) is 22.1 Å². The van der Waals surface area contributed by atoms with Crippen molar-refractivity contribution >= 4 is 44.6 Å². The summed E-state index contributed by atoms with van der Waals surface area (Å²) in [6.45, 7) is 1.18. The maximum atomic E-state index is 12.8. The third-order valence-electron chi connectivity index (χ3n) is 4.45. The number of sulfonamides is 1. The van der Waals surface area contributed by atoms with Gasteiger partial charge in [-0.25, -0.2) is 8.42 Å². The number of rotatable bonds is 6. The number of nitrogens with one attached hydrogen (secondary N) is 2. The maximum absolute atomic E-state index is 12.8. The first-order valence-electron chi connectivity index (χ1n) is 9.22. The second-order valence-corrected chi connectivity index (χ2v) is 8.89. The minimum atomic E-state index is -3.73. The first-order chi connectivity index (χ1) is 14.8. The quantitative estimate of drug-likeness (QED) is 0.341. The van der Waals surface area contributed by atoms with Crippen molar-refractivity contribution in [2.24, 2.45) is 0 Å². The van der Waals surface area contributed by atoms with Gasteiger partial charge in [0.1, 0.15) is 11.6 Å². The Labute approximate surface area is 185 Å². The molecule has 4 N–H and O–H groups in total. The summed E-state index contributed by atoms with van der Waals surface area (Å²) >= 11 is 6.17. The van der Waals surface area contributed by atoms with Gasteiger partial charge in [0.25, 0.3) is 5.91 Å². The lowest BCUT2D eigenvalue weighted by molar-refractivity contribution is -0.112. The van der Waals surface area contributed by atoms with Crippen molar-refractivity contribution in [2.45, 2.75) is 4.90 Å². The average Bonchev–Trinajstić information content (AvgIpc) is 2.77. The third kappa shape index (κ3) is 5.53. The number of morpholine rings is 1. The molecule has 0 spiro atoms. The molecule has 0 unspecified atom stereocenters. The van der Waals surface area contributed by atoms with Crippen molar-refractivity contribution in [1.29, 1.82) is 5.26 Å². The molecule has 0 bridgehead atoms. The molecule has 2 aromatic rings. The molecule has 9 nitrogen and oxygen atoms in total. The predicted octanol–water partition coefficient (Wildman–Crippen LogP) is 2.40. The van der Waals surface area contributed by atoms with Gasteiger partial charge in [-0.3, -0.25) is 4.79 Å². The summed E-state index contributed by atoms with van der Waals surface area (Å²) < 4.78 is 32.2. The number of anilines is 3. The largest absolute Gasteiger partial charge is 0.399 e. The predicted molar refractivity (Wildman–Crippen MR) is 118 cm³/mol. The highest BCUT2D eigenvalue weighted by Crippen LogP contribution is 2.27. The molecule has 1 fully saturated rings. The van der Waals surface area contributed by atoms with Crippen molar-refractivity contribution in [3.8, 4) is 6.07 Å². The van der Waals surface area contributed by atoms with E-state index in [1.54, 1.807) is 30.3 Å². The minimum absolute atomic E-state index is 0.0412. The average molecular weight is 462 g/mol. The highest BCUT2D eigenvalue weighted by atomic mass is 35.5. The Morgan fingerprint density at radius 1 is 1.19 bits per heavy atom. The lowest BCUT2D eigenvalue weighted by Gasteiger charge is -2.26. The highest BCUT2D eigenvalue weighted by molar-refractivity contribution is 7.89. The van der Waals surface area contributed by atoms with Gasteiger partial charge in [0.2, 0.25) is 10.0 Å². The van der Waals surface area contributed by atoms with Crippen LogP contribution < -0.4 is 16.4 Å². The molecule has 0 radical (unpaired) electrons. The van der Waals surface area contributed by atoms with Crippen molar-refractivity contribution < 1.29 is 17.9 Å². The first kappa shape index (κ1) is 22.6. The van der Waals surface area contributed by atoms with E-state index in [-0.39, 0.29) is 34.3 Å². The molecule has 3 rings (SSSR count). The zero-order valence-electron chi connectivity index (χ0n) is 16.3.